The van der Waals surface area contributed by atoms with E-state index in [0.29, 0.717) is 16.7 Å². The highest BCUT2D eigenvalue weighted by Crippen LogP contribution is 2.24. The fourth-order valence-corrected chi connectivity index (χ4v) is 2.22. The number of nitrogens with one attached hydrogen (secondary N) is 2. The molecule has 0 aliphatic rings. The van der Waals surface area contributed by atoms with Gasteiger partial charge in [-0.05, 0) is 43.3 Å². The summed E-state index contributed by atoms with van der Waals surface area (Å²) in [6.07, 6.45) is 0. The normalized spacial score (nSPS) is 10.5. The van der Waals surface area contributed by atoms with Gasteiger partial charge in [0.2, 0.25) is 5.95 Å². The van der Waals surface area contributed by atoms with Gasteiger partial charge in [0.25, 0.3) is 0 Å². The van der Waals surface area contributed by atoms with Crippen LogP contribution in [0.1, 0.15) is 5.69 Å². The highest BCUT2D eigenvalue weighted by molar-refractivity contribution is 6.30. The van der Waals surface area contributed by atoms with Crippen molar-refractivity contribution in [2.24, 2.45) is 0 Å². The van der Waals surface area contributed by atoms with Crippen molar-refractivity contribution in [1.82, 2.24) is 9.97 Å². The minimum atomic E-state index is -0.696. The van der Waals surface area contributed by atoms with Gasteiger partial charge in [-0.3, -0.25) is 0 Å². The largest absolute Gasteiger partial charge is 0.335 e. The molecule has 1 aromatic heterocycles. The van der Waals surface area contributed by atoms with Crippen molar-refractivity contribution in [2.45, 2.75) is 6.92 Å². The van der Waals surface area contributed by atoms with Crippen molar-refractivity contribution in [2.75, 3.05) is 10.6 Å². The van der Waals surface area contributed by atoms with Crippen LogP contribution in [0.25, 0.3) is 0 Å². The molecule has 0 spiro atoms. The van der Waals surface area contributed by atoms with Crippen LogP contribution in [0.4, 0.5) is 31.9 Å². The molecule has 2 N–H and O–H groups in total. The number of benzene rings is 2. The molecule has 0 fully saturated rings. The third kappa shape index (κ3) is 3.78. The van der Waals surface area contributed by atoms with Crippen molar-refractivity contribution in [3.63, 3.8) is 0 Å². The predicted octanol–water partition coefficient (Wildman–Crippen LogP) is 5.20. The summed E-state index contributed by atoms with van der Waals surface area (Å²) < 4.78 is 27.5. The van der Waals surface area contributed by atoms with Crippen LogP contribution in [0.2, 0.25) is 5.02 Å². The van der Waals surface area contributed by atoms with Crippen LogP contribution >= 0.6 is 11.6 Å². The van der Waals surface area contributed by atoms with E-state index in [1.807, 2.05) is 0 Å². The lowest BCUT2D eigenvalue weighted by Gasteiger charge is -2.11. The SMILES string of the molecule is Cc1cc(Nc2c(F)cccc2F)nc(Nc2ccc(Cl)cc2)n1. The van der Waals surface area contributed by atoms with Crippen molar-refractivity contribution in [3.8, 4) is 0 Å². The molecule has 1 heterocycles. The third-order valence-corrected chi connectivity index (χ3v) is 3.42. The van der Waals surface area contributed by atoms with Gasteiger partial charge in [-0.15, -0.1) is 0 Å². The molecule has 0 unspecified atom stereocenters. The van der Waals surface area contributed by atoms with E-state index < -0.39 is 11.6 Å². The lowest BCUT2D eigenvalue weighted by molar-refractivity contribution is 0.590. The van der Waals surface area contributed by atoms with Gasteiger partial charge in [0, 0.05) is 22.5 Å². The summed E-state index contributed by atoms with van der Waals surface area (Å²) >= 11 is 5.84. The second-order valence-corrected chi connectivity index (χ2v) is 5.51. The summed E-state index contributed by atoms with van der Waals surface area (Å²) in [5.74, 6) is -0.809. The van der Waals surface area contributed by atoms with Crippen LogP contribution in [0.3, 0.4) is 0 Å². The molecule has 3 aromatic rings. The Morgan fingerprint density at radius 1 is 0.917 bits per heavy atom. The number of hydrogen-bond acceptors (Lipinski definition) is 4. The van der Waals surface area contributed by atoms with Crippen molar-refractivity contribution in [1.29, 1.82) is 0 Å². The second-order valence-electron chi connectivity index (χ2n) is 5.07. The van der Waals surface area contributed by atoms with E-state index in [2.05, 4.69) is 20.6 Å². The first-order valence-corrected chi connectivity index (χ1v) is 7.48. The zero-order valence-corrected chi connectivity index (χ0v) is 13.4. The number of halogens is 3. The molecule has 0 aliphatic carbocycles. The second kappa shape index (κ2) is 6.80. The van der Waals surface area contributed by atoms with Gasteiger partial charge < -0.3 is 10.6 Å². The van der Waals surface area contributed by atoms with E-state index >= 15 is 0 Å². The minimum Gasteiger partial charge on any atom is -0.335 e. The molecule has 7 heteroatoms. The smallest absolute Gasteiger partial charge is 0.229 e. The third-order valence-electron chi connectivity index (χ3n) is 3.17. The first-order valence-electron chi connectivity index (χ1n) is 7.10. The molecular formula is C17H13ClF2N4. The van der Waals surface area contributed by atoms with E-state index in [-0.39, 0.29) is 11.5 Å². The first-order chi connectivity index (χ1) is 11.5. The molecule has 0 saturated heterocycles. The Kier molecular flexibility index (Phi) is 4.57. The lowest BCUT2D eigenvalue weighted by Crippen LogP contribution is -2.04. The van der Waals surface area contributed by atoms with Crippen molar-refractivity contribution >= 4 is 34.7 Å². The summed E-state index contributed by atoms with van der Waals surface area (Å²) in [6, 6.07) is 12.3. The van der Waals surface area contributed by atoms with Gasteiger partial charge in [0.05, 0.1) is 0 Å². The predicted molar refractivity (Wildman–Crippen MR) is 91.1 cm³/mol. The van der Waals surface area contributed by atoms with Crippen LogP contribution in [-0.4, -0.2) is 9.97 Å². The maximum Gasteiger partial charge on any atom is 0.229 e. The standard InChI is InChI=1S/C17H13ClF2N4/c1-10-9-15(23-16-13(19)3-2-4-14(16)20)24-17(21-10)22-12-7-5-11(18)6-8-12/h2-9H,1H3,(H2,21,22,23,24). The zero-order chi connectivity index (χ0) is 17.1. The molecule has 24 heavy (non-hydrogen) atoms. The summed E-state index contributed by atoms with van der Waals surface area (Å²) in [6.45, 7) is 1.76. The molecule has 0 amide bonds. The number of nitrogens with zero attached hydrogens (tertiary/aromatic N) is 2. The minimum absolute atomic E-state index is 0.256. The van der Waals surface area contributed by atoms with E-state index in [1.165, 1.54) is 18.2 Å². The number of aryl methyl sites for hydroxylation is 1. The number of rotatable bonds is 4. The zero-order valence-electron chi connectivity index (χ0n) is 12.6. The Morgan fingerprint density at radius 3 is 2.25 bits per heavy atom. The van der Waals surface area contributed by atoms with Gasteiger partial charge in [0.1, 0.15) is 23.1 Å². The first kappa shape index (κ1) is 16.1. The van der Waals surface area contributed by atoms with E-state index in [1.54, 1.807) is 37.3 Å². The van der Waals surface area contributed by atoms with Crippen LogP contribution in [0, 0.1) is 18.6 Å². The Bertz CT molecular complexity index is 849. The summed E-state index contributed by atoms with van der Waals surface area (Å²) in [5.41, 5.74) is 1.13. The summed E-state index contributed by atoms with van der Waals surface area (Å²) in [4.78, 5) is 8.48. The Hall–Kier alpha value is -2.73. The van der Waals surface area contributed by atoms with Crippen LogP contribution < -0.4 is 10.6 Å². The molecule has 0 aliphatic heterocycles. The number of para-hydroxylation sites is 1. The maximum absolute atomic E-state index is 13.7. The quantitative estimate of drug-likeness (QED) is 0.681. The van der Waals surface area contributed by atoms with E-state index in [4.69, 9.17) is 11.6 Å². The highest BCUT2D eigenvalue weighted by Gasteiger charge is 2.10. The van der Waals surface area contributed by atoms with E-state index in [0.717, 1.165) is 5.69 Å². The fourth-order valence-electron chi connectivity index (χ4n) is 2.10. The molecule has 4 nitrogen and oxygen atoms in total. The summed E-state index contributed by atoms with van der Waals surface area (Å²) in [7, 11) is 0. The van der Waals surface area contributed by atoms with Crippen molar-refractivity contribution < 1.29 is 8.78 Å². The van der Waals surface area contributed by atoms with Crippen LogP contribution in [0.5, 0.6) is 0 Å². The number of hydrogen-bond donors (Lipinski definition) is 2. The molecule has 3 rings (SSSR count). The van der Waals surface area contributed by atoms with Gasteiger partial charge in [0.15, 0.2) is 0 Å². The fraction of sp³-hybridized carbons (Fsp3) is 0.0588. The topological polar surface area (TPSA) is 49.8 Å². The van der Waals surface area contributed by atoms with Crippen molar-refractivity contribution in [3.05, 3.63) is 70.9 Å². The molecular weight excluding hydrogens is 334 g/mol. The van der Waals surface area contributed by atoms with Gasteiger partial charge in [-0.25, -0.2) is 13.8 Å². The molecule has 122 valence electrons. The van der Waals surface area contributed by atoms with Gasteiger partial charge in [-0.1, -0.05) is 17.7 Å². The Morgan fingerprint density at radius 2 is 1.58 bits per heavy atom. The molecule has 0 saturated carbocycles. The molecule has 0 radical (unpaired) electrons. The van der Waals surface area contributed by atoms with Gasteiger partial charge in [-0.2, -0.15) is 4.98 Å². The Labute approximate surface area is 142 Å². The lowest BCUT2D eigenvalue weighted by atomic mass is 10.3. The Balaban J connectivity index is 1.87. The molecule has 0 bridgehead atoms. The van der Waals surface area contributed by atoms with Gasteiger partial charge >= 0.3 is 0 Å². The van der Waals surface area contributed by atoms with Crippen LogP contribution in [-0.2, 0) is 0 Å². The maximum atomic E-state index is 13.7. The average molecular weight is 347 g/mol. The summed E-state index contributed by atoms with van der Waals surface area (Å²) in [5, 5.41) is 6.29. The number of aromatic nitrogens is 2. The highest BCUT2D eigenvalue weighted by atomic mass is 35.5. The number of anilines is 4. The van der Waals surface area contributed by atoms with E-state index in [9.17, 15) is 8.78 Å². The monoisotopic (exact) mass is 346 g/mol. The average Bonchev–Trinajstić information content (AvgIpc) is 2.53. The molecule has 2 aromatic carbocycles. The van der Waals surface area contributed by atoms with Crippen LogP contribution in [0.15, 0.2) is 48.5 Å². The molecule has 0 atom stereocenters.